The zero-order valence-electron chi connectivity index (χ0n) is 10.4. The Morgan fingerprint density at radius 2 is 1.79 bits per heavy atom. The van der Waals surface area contributed by atoms with Crippen LogP contribution in [0.2, 0.25) is 5.02 Å². The van der Waals surface area contributed by atoms with Crippen molar-refractivity contribution in [2.24, 2.45) is 0 Å². The topological polar surface area (TPSA) is 55.1 Å². The highest BCUT2D eigenvalue weighted by atomic mass is 35.5. The first kappa shape index (κ1) is 13.4. The van der Waals surface area contributed by atoms with E-state index in [-0.39, 0.29) is 5.91 Å². The smallest absolute Gasteiger partial charge is 0.224 e. The molecule has 2 aromatic rings. The number of carbonyl (C=O) groups excluding carboxylic acids is 1. The van der Waals surface area contributed by atoms with E-state index in [4.69, 9.17) is 17.3 Å². The van der Waals surface area contributed by atoms with Crippen LogP contribution in [-0.4, -0.2) is 5.91 Å². The molecule has 2 aromatic carbocycles. The van der Waals surface area contributed by atoms with E-state index in [0.717, 1.165) is 5.56 Å². The maximum atomic E-state index is 11.8. The summed E-state index contributed by atoms with van der Waals surface area (Å²) in [4.78, 5) is 11.8. The quantitative estimate of drug-likeness (QED) is 0.839. The number of benzene rings is 2. The van der Waals surface area contributed by atoms with E-state index in [1.807, 2.05) is 36.4 Å². The SMILES string of the molecule is Nc1ccccc1NC(=O)CCc1ccc(Cl)cc1. The van der Waals surface area contributed by atoms with E-state index in [9.17, 15) is 4.79 Å². The number of anilines is 2. The molecule has 0 heterocycles. The van der Waals surface area contributed by atoms with Crippen molar-refractivity contribution >= 4 is 28.9 Å². The first-order valence-electron chi connectivity index (χ1n) is 6.04. The molecule has 4 heteroatoms. The van der Waals surface area contributed by atoms with E-state index >= 15 is 0 Å². The molecule has 0 fully saturated rings. The summed E-state index contributed by atoms with van der Waals surface area (Å²) in [6, 6.07) is 14.7. The van der Waals surface area contributed by atoms with Crippen LogP contribution in [0, 0.1) is 0 Å². The highest BCUT2D eigenvalue weighted by molar-refractivity contribution is 6.30. The largest absolute Gasteiger partial charge is 0.397 e. The number of para-hydroxylation sites is 2. The fourth-order valence-corrected chi connectivity index (χ4v) is 1.86. The number of hydrogen-bond donors (Lipinski definition) is 2. The van der Waals surface area contributed by atoms with Gasteiger partial charge >= 0.3 is 0 Å². The molecule has 0 aromatic heterocycles. The Balaban J connectivity index is 1.88. The van der Waals surface area contributed by atoms with Crippen LogP contribution < -0.4 is 11.1 Å². The van der Waals surface area contributed by atoms with Crippen molar-refractivity contribution < 1.29 is 4.79 Å². The van der Waals surface area contributed by atoms with Crippen LogP contribution in [-0.2, 0) is 11.2 Å². The minimum Gasteiger partial charge on any atom is -0.397 e. The number of nitrogens with two attached hydrogens (primary N) is 1. The van der Waals surface area contributed by atoms with Gasteiger partial charge in [0.1, 0.15) is 0 Å². The van der Waals surface area contributed by atoms with Crippen molar-refractivity contribution in [2.75, 3.05) is 11.1 Å². The monoisotopic (exact) mass is 274 g/mol. The molecule has 0 aliphatic carbocycles. The minimum absolute atomic E-state index is 0.0483. The van der Waals surface area contributed by atoms with Crippen molar-refractivity contribution in [3.8, 4) is 0 Å². The zero-order chi connectivity index (χ0) is 13.7. The van der Waals surface area contributed by atoms with Gasteiger partial charge in [0.05, 0.1) is 11.4 Å². The van der Waals surface area contributed by atoms with Gasteiger partial charge in [-0.2, -0.15) is 0 Å². The lowest BCUT2D eigenvalue weighted by Crippen LogP contribution is -2.13. The first-order valence-corrected chi connectivity index (χ1v) is 6.42. The lowest BCUT2D eigenvalue weighted by molar-refractivity contribution is -0.116. The van der Waals surface area contributed by atoms with Crippen molar-refractivity contribution in [3.63, 3.8) is 0 Å². The second-order valence-corrected chi connectivity index (χ2v) is 4.70. The Hall–Kier alpha value is -2.00. The summed E-state index contributed by atoms with van der Waals surface area (Å²) in [5, 5.41) is 3.50. The Morgan fingerprint density at radius 1 is 1.11 bits per heavy atom. The molecule has 1 amide bonds. The van der Waals surface area contributed by atoms with Gasteiger partial charge in [-0.3, -0.25) is 4.79 Å². The van der Waals surface area contributed by atoms with Gasteiger partial charge in [0, 0.05) is 11.4 Å². The summed E-state index contributed by atoms with van der Waals surface area (Å²) in [6.45, 7) is 0. The minimum atomic E-state index is -0.0483. The van der Waals surface area contributed by atoms with Crippen molar-refractivity contribution in [3.05, 3.63) is 59.1 Å². The summed E-state index contributed by atoms with van der Waals surface area (Å²) in [7, 11) is 0. The Labute approximate surface area is 117 Å². The van der Waals surface area contributed by atoms with Gasteiger partial charge in [-0.25, -0.2) is 0 Å². The van der Waals surface area contributed by atoms with E-state index in [2.05, 4.69) is 5.32 Å². The maximum Gasteiger partial charge on any atom is 0.224 e. The highest BCUT2D eigenvalue weighted by Crippen LogP contribution is 2.17. The average Bonchev–Trinajstić information content (AvgIpc) is 2.41. The van der Waals surface area contributed by atoms with Gasteiger partial charge in [0.2, 0.25) is 5.91 Å². The Morgan fingerprint density at radius 3 is 2.47 bits per heavy atom. The van der Waals surface area contributed by atoms with E-state index in [1.165, 1.54) is 0 Å². The fraction of sp³-hybridized carbons (Fsp3) is 0.133. The van der Waals surface area contributed by atoms with Crippen LogP contribution in [0.5, 0.6) is 0 Å². The third-order valence-electron chi connectivity index (χ3n) is 2.79. The number of rotatable bonds is 4. The molecule has 2 rings (SSSR count). The predicted octanol–water partition coefficient (Wildman–Crippen LogP) is 3.49. The number of halogens is 1. The Kier molecular flexibility index (Phi) is 4.42. The van der Waals surface area contributed by atoms with Gasteiger partial charge in [0.15, 0.2) is 0 Å². The summed E-state index contributed by atoms with van der Waals surface area (Å²) in [5.74, 6) is -0.0483. The van der Waals surface area contributed by atoms with Gasteiger partial charge in [0.25, 0.3) is 0 Å². The number of nitrogens with one attached hydrogen (secondary N) is 1. The molecule has 0 bridgehead atoms. The molecule has 3 N–H and O–H groups in total. The number of hydrogen-bond acceptors (Lipinski definition) is 2. The normalized spacial score (nSPS) is 10.2. The van der Waals surface area contributed by atoms with Gasteiger partial charge < -0.3 is 11.1 Å². The van der Waals surface area contributed by atoms with E-state index in [1.54, 1.807) is 12.1 Å². The lowest BCUT2D eigenvalue weighted by atomic mass is 10.1. The molecule has 19 heavy (non-hydrogen) atoms. The number of carbonyl (C=O) groups is 1. The number of aryl methyl sites for hydroxylation is 1. The summed E-state index contributed by atoms with van der Waals surface area (Å²) >= 11 is 5.81. The molecule has 98 valence electrons. The van der Waals surface area contributed by atoms with Crippen LogP contribution >= 0.6 is 11.6 Å². The van der Waals surface area contributed by atoms with Gasteiger partial charge in [-0.05, 0) is 36.2 Å². The molecule has 0 spiro atoms. The van der Waals surface area contributed by atoms with E-state index in [0.29, 0.717) is 29.2 Å². The molecule has 0 atom stereocenters. The lowest BCUT2D eigenvalue weighted by Gasteiger charge is -2.07. The second-order valence-electron chi connectivity index (χ2n) is 4.26. The summed E-state index contributed by atoms with van der Waals surface area (Å²) < 4.78 is 0. The van der Waals surface area contributed by atoms with Crippen LogP contribution in [0.1, 0.15) is 12.0 Å². The number of amides is 1. The summed E-state index contributed by atoms with van der Waals surface area (Å²) in [5.41, 5.74) is 8.07. The van der Waals surface area contributed by atoms with Crippen LogP contribution in [0.3, 0.4) is 0 Å². The molecule has 0 aliphatic rings. The number of nitrogen functional groups attached to an aromatic ring is 1. The Bertz CT molecular complexity index is 567. The molecule has 0 saturated heterocycles. The standard InChI is InChI=1S/C15H15ClN2O/c16-12-8-5-11(6-9-12)7-10-15(19)18-14-4-2-1-3-13(14)17/h1-6,8-9H,7,10,17H2,(H,18,19). The first-order chi connectivity index (χ1) is 9.15. The van der Waals surface area contributed by atoms with Gasteiger partial charge in [-0.1, -0.05) is 35.9 Å². The fourth-order valence-electron chi connectivity index (χ4n) is 1.73. The molecule has 0 radical (unpaired) electrons. The third kappa shape index (κ3) is 4.00. The third-order valence-corrected chi connectivity index (χ3v) is 3.04. The molecule has 0 unspecified atom stereocenters. The predicted molar refractivity (Wildman–Crippen MR) is 79.3 cm³/mol. The summed E-state index contributed by atoms with van der Waals surface area (Å²) in [6.07, 6.45) is 1.09. The van der Waals surface area contributed by atoms with Crippen molar-refractivity contribution in [1.82, 2.24) is 0 Å². The second kappa shape index (κ2) is 6.25. The van der Waals surface area contributed by atoms with Crippen LogP contribution in [0.25, 0.3) is 0 Å². The molecular formula is C15H15ClN2O. The molecule has 3 nitrogen and oxygen atoms in total. The van der Waals surface area contributed by atoms with Crippen molar-refractivity contribution in [2.45, 2.75) is 12.8 Å². The van der Waals surface area contributed by atoms with Crippen LogP contribution in [0.15, 0.2) is 48.5 Å². The molecular weight excluding hydrogens is 260 g/mol. The average molecular weight is 275 g/mol. The maximum absolute atomic E-state index is 11.8. The van der Waals surface area contributed by atoms with E-state index < -0.39 is 0 Å². The molecule has 0 saturated carbocycles. The molecule has 0 aliphatic heterocycles. The highest BCUT2D eigenvalue weighted by Gasteiger charge is 2.05. The van der Waals surface area contributed by atoms with Crippen LogP contribution in [0.4, 0.5) is 11.4 Å². The zero-order valence-corrected chi connectivity index (χ0v) is 11.2. The van der Waals surface area contributed by atoms with Crippen molar-refractivity contribution in [1.29, 1.82) is 0 Å². The van der Waals surface area contributed by atoms with Gasteiger partial charge in [-0.15, -0.1) is 0 Å².